The van der Waals surface area contributed by atoms with Crippen molar-refractivity contribution in [1.29, 1.82) is 0 Å². The van der Waals surface area contributed by atoms with Gasteiger partial charge in [0.05, 0.1) is 6.61 Å². The highest BCUT2D eigenvalue weighted by molar-refractivity contribution is 7.98. The molecule has 1 aromatic carbocycles. The molecule has 0 aliphatic rings. The summed E-state index contributed by atoms with van der Waals surface area (Å²) in [4.78, 5) is 0. The van der Waals surface area contributed by atoms with Crippen molar-refractivity contribution in [2.75, 3.05) is 18.6 Å². The monoisotopic (exact) mass is 200 g/mol. The lowest BCUT2D eigenvalue weighted by Crippen LogP contribution is -2.01. The third-order valence-corrected chi connectivity index (χ3v) is 2.27. The van der Waals surface area contributed by atoms with E-state index >= 15 is 0 Å². The summed E-state index contributed by atoms with van der Waals surface area (Å²) in [6.45, 7) is 2.54. The quantitative estimate of drug-likeness (QED) is 0.691. The molecule has 0 atom stereocenters. The number of thioether (sulfide) groups is 1. The van der Waals surface area contributed by atoms with Crippen LogP contribution in [-0.2, 0) is 0 Å². The average Bonchev–Trinajstić information content (AvgIpc) is 2.11. The molecule has 1 nitrogen and oxygen atoms in total. The van der Waals surface area contributed by atoms with Crippen molar-refractivity contribution in [1.82, 2.24) is 0 Å². The van der Waals surface area contributed by atoms with Gasteiger partial charge in [-0.25, -0.2) is 4.39 Å². The van der Waals surface area contributed by atoms with E-state index in [-0.39, 0.29) is 5.82 Å². The van der Waals surface area contributed by atoms with Gasteiger partial charge >= 0.3 is 0 Å². The van der Waals surface area contributed by atoms with E-state index in [0.29, 0.717) is 12.4 Å². The van der Waals surface area contributed by atoms with Gasteiger partial charge in [0.1, 0.15) is 11.6 Å². The maximum atomic E-state index is 12.8. The summed E-state index contributed by atoms with van der Waals surface area (Å²) in [5, 5.41) is 0. The molecular formula is C10H13FOS. The summed E-state index contributed by atoms with van der Waals surface area (Å²) in [6.07, 6.45) is 2.02. The molecule has 0 aromatic heterocycles. The third kappa shape index (κ3) is 3.27. The van der Waals surface area contributed by atoms with Gasteiger partial charge < -0.3 is 4.74 Å². The third-order valence-electron chi connectivity index (χ3n) is 1.70. The van der Waals surface area contributed by atoms with Gasteiger partial charge in [0, 0.05) is 11.8 Å². The molecule has 0 spiro atoms. The predicted molar refractivity (Wildman–Crippen MR) is 55.0 cm³/mol. The number of rotatable bonds is 4. The van der Waals surface area contributed by atoms with E-state index in [9.17, 15) is 4.39 Å². The Kier molecular flexibility index (Phi) is 4.09. The molecule has 0 heterocycles. The normalized spacial score (nSPS) is 10.1. The summed E-state index contributed by atoms with van der Waals surface area (Å²) >= 11 is 1.71. The van der Waals surface area contributed by atoms with Crippen LogP contribution < -0.4 is 4.74 Å². The molecule has 13 heavy (non-hydrogen) atoms. The van der Waals surface area contributed by atoms with Gasteiger partial charge in [-0.2, -0.15) is 11.8 Å². The van der Waals surface area contributed by atoms with Gasteiger partial charge in [0.2, 0.25) is 0 Å². The van der Waals surface area contributed by atoms with Crippen LogP contribution in [0.1, 0.15) is 5.56 Å². The Labute approximate surface area is 82.3 Å². The highest BCUT2D eigenvalue weighted by atomic mass is 32.2. The van der Waals surface area contributed by atoms with Gasteiger partial charge in [-0.15, -0.1) is 0 Å². The molecule has 0 fully saturated rings. The zero-order valence-electron chi connectivity index (χ0n) is 7.84. The van der Waals surface area contributed by atoms with Crippen LogP contribution in [0.2, 0.25) is 0 Å². The van der Waals surface area contributed by atoms with E-state index in [1.807, 2.05) is 13.2 Å². The zero-order chi connectivity index (χ0) is 9.68. The van der Waals surface area contributed by atoms with E-state index in [4.69, 9.17) is 4.74 Å². The maximum absolute atomic E-state index is 12.8. The summed E-state index contributed by atoms with van der Waals surface area (Å²) in [5.74, 6) is 1.33. The van der Waals surface area contributed by atoms with Crippen LogP contribution in [0.5, 0.6) is 5.75 Å². The zero-order valence-corrected chi connectivity index (χ0v) is 8.66. The summed E-state index contributed by atoms with van der Waals surface area (Å²) in [6, 6.07) is 4.59. The van der Waals surface area contributed by atoms with Crippen molar-refractivity contribution < 1.29 is 9.13 Å². The Morgan fingerprint density at radius 1 is 1.46 bits per heavy atom. The lowest BCUT2D eigenvalue weighted by molar-refractivity contribution is 0.339. The van der Waals surface area contributed by atoms with Crippen molar-refractivity contribution in [3.8, 4) is 5.75 Å². The molecule has 1 rings (SSSR count). The van der Waals surface area contributed by atoms with Gasteiger partial charge in [-0.1, -0.05) is 6.07 Å². The molecule has 1 aromatic rings. The number of ether oxygens (including phenoxy) is 1. The summed E-state index contributed by atoms with van der Waals surface area (Å²) in [7, 11) is 0. The molecule has 0 aliphatic carbocycles. The fourth-order valence-electron chi connectivity index (χ4n) is 0.964. The van der Waals surface area contributed by atoms with E-state index < -0.39 is 0 Å². The first kappa shape index (κ1) is 10.4. The number of hydrogen-bond acceptors (Lipinski definition) is 2. The molecule has 0 bridgehead atoms. The van der Waals surface area contributed by atoms with Crippen LogP contribution in [-0.4, -0.2) is 18.6 Å². The van der Waals surface area contributed by atoms with Crippen LogP contribution in [0, 0.1) is 12.7 Å². The Bertz CT molecular complexity index is 276. The van der Waals surface area contributed by atoms with E-state index in [1.54, 1.807) is 17.8 Å². The number of aryl methyl sites for hydroxylation is 1. The largest absolute Gasteiger partial charge is 0.492 e. The van der Waals surface area contributed by atoms with E-state index in [2.05, 4.69) is 0 Å². The first-order valence-corrected chi connectivity index (χ1v) is 5.51. The van der Waals surface area contributed by atoms with Crippen molar-refractivity contribution in [3.63, 3.8) is 0 Å². The molecule has 0 amide bonds. The first-order valence-electron chi connectivity index (χ1n) is 4.12. The van der Waals surface area contributed by atoms with Gasteiger partial charge in [-0.05, 0) is 24.8 Å². The van der Waals surface area contributed by atoms with Crippen LogP contribution in [0.25, 0.3) is 0 Å². The fourth-order valence-corrected chi connectivity index (χ4v) is 1.21. The Balaban J connectivity index is 2.59. The lowest BCUT2D eigenvalue weighted by atomic mass is 10.2. The van der Waals surface area contributed by atoms with E-state index in [1.165, 1.54) is 12.1 Å². The van der Waals surface area contributed by atoms with Crippen molar-refractivity contribution in [3.05, 3.63) is 29.6 Å². The number of hydrogen-bond donors (Lipinski definition) is 0. The maximum Gasteiger partial charge on any atom is 0.126 e. The molecule has 0 unspecified atom stereocenters. The predicted octanol–water partition coefficient (Wildman–Crippen LogP) is 2.88. The number of benzene rings is 1. The minimum atomic E-state index is -0.246. The Morgan fingerprint density at radius 3 is 2.92 bits per heavy atom. The second kappa shape index (κ2) is 5.12. The minimum Gasteiger partial charge on any atom is -0.492 e. The second-order valence-corrected chi connectivity index (χ2v) is 3.74. The second-order valence-electron chi connectivity index (χ2n) is 2.75. The van der Waals surface area contributed by atoms with Crippen LogP contribution >= 0.6 is 11.8 Å². The molecular weight excluding hydrogens is 187 g/mol. The van der Waals surface area contributed by atoms with Crippen LogP contribution in [0.4, 0.5) is 4.39 Å². The minimum absolute atomic E-state index is 0.246. The molecule has 72 valence electrons. The molecule has 3 heteroatoms. The lowest BCUT2D eigenvalue weighted by Gasteiger charge is -2.07. The SMILES string of the molecule is CSCCOc1cc(F)ccc1C. The Morgan fingerprint density at radius 2 is 2.23 bits per heavy atom. The van der Waals surface area contributed by atoms with Crippen molar-refractivity contribution in [2.24, 2.45) is 0 Å². The first-order chi connectivity index (χ1) is 6.24. The highest BCUT2D eigenvalue weighted by Gasteiger charge is 2.00. The Hall–Kier alpha value is -0.700. The number of halogens is 1. The standard InChI is InChI=1S/C10H13FOS/c1-8-3-4-9(11)7-10(8)12-5-6-13-2/h3-4,7H,5-6H2,1-2H3. The summed E-state index contributed by atoms with van der Waals surface area (Å²) < 4.78 is 18.2. The van der Waals surface area contributed by atoms with Crippen LogP contribution in [0.15, 0.2) is 18.2 Å². The average molecular weight is 200 g/mol. The van der Waals surface area contributed by atoms with Crippen LogP contribution in [0.3, 0.4) is 0 Å². The molecule has 0 N–H and O–H groups in total. The van der Waals surface area contributed by atoms with E-state index in [0.717, 1.165) is 11.3 Å². The molecule has 0 radical (unpaired) electrons. The van der Waals surface area contributed by atoms with Crippen molar-refractivity contribution >= 4 is 11.8 Å². The van der Waals surface area contributed by atoms with Gasteiger partial charge in [0.25, 0.3) is 0 Å². The van der Waals surface area contributed by atoms with Gasteiger partial charge in [0.15, 0.2) is 0 Å². The molecule has 0 saturated heterocycles. The molecule has 0 saturated carbocycles. The fraction of sp³-hybridized carbons (Fsp3) is 0.400. The van der Waals surface area contributed by atoms with Gasteiger partial charge in [-0.3, -0.25) is 0 Å². The van der Waals surface area contributed by atoms with Crippen molar-refractivity contribution in [2.45, 2.75) is 6.92 Å². The molecule has 0 aliphatic heterocycles. The smallest absolute Gasteiger partial charge is 0.126 e. The topological polar surface area (TPSA) is 9.23 Å². The summed E-state index contributed by atoms with van der Waals surface area (Å²) in [5.41, 5.74) is 0.975. The highest BCUT2D eigenvalue weighted by Crippen LogP contribution is 2.18.